The van der Waals surface area contributed by atoms with E-state index in [1.54, 1.807) is 36.5 Å². The molecule has 0 saturated carbocycles. The molecule has 1 amide bonds. The van der Waals surface area contributed by atoms with Crippen LogP contribution in [0.25, 0.3) is 0 Å². The van der Waals surface area contributed by atoms with Crippen LogP contribution in [-0.2, 0) is 6.73 Å². The summed E-state index contributed by atoms with van der Waals surface area (Å²) in [7, 11) is 0. The number of phenols is 1. The number of anilines is 1. The summed E-state index contributed by atoms with van der Waals surface area (Å²) in [6.07, 6.45) is 1.66. The first kappa shape index (κ1) is 19.8. The molecule has 0 atom stereocenters. The molecule has 0 spiro atoms. The molecule has 3 aromatic rings. The summed E-state index contributed by atoms with van der Waals surface area (Å²) in [4.78, 5) is 12.6. The van der Waals surface area contributed by atoms with Crippen LogP contribution >= 0.6 is 11.6 Å². The van der Waals surface area contributed by atoms with Crippen molar-refractivity contribution < 1.29 is 14.6 Å². The van der Waals surface area contributed by atoms with Gasteiger partial charge in [0.2, 0.25) is 0 Å². The highest BCUT2D eigenvalue weighted by Gasteiger charge is 2.15. The normalized spacial score (nSPS) is 10.9. The molecule has 1 aromatic heterocycles. The Labute approximate surface area is 168 Å². The largest absolute Gasteiger partial charge is 0.508 e. The predicted octanol–water partition coefficient (Wildman–Crippen LogP) is 4.96. The summed E-state index contributed by atoms with van der Waals surface area (Å²) in [5.41, 5.74) is 2.46. The zero-order chi connectivity index (χ0) is 20.3. The molecule has 2 N–H and O–H groups in total. The third-order valence-corrected chi connectivity index (χ3v) is 4.62. The number of aryl methyl sites for hydroxylation is 1. The van der Waals surface area contributed by atoms with Crippen LogP contribution in [0.2, 0.25) is 5.02 Å². The Morgan fingerprint density at radius 3 is 2.75 bits per heavy atom. The maximum absolute atomic E-state index is 12.6. The fraction of sp³-hybridized carbons (Fsp3) is 0.238. The number of phenolic OH excluding ortho intramolecular Hbond substituents is 1. The highest BCUT2D eigenvalue weighted by molar-refractivity contribution is 6.32. The molecule has 0 aliphatic rings. The Morgan fingerprint density at radius 2 is 2.04 bits per heavy atom. The second kappa shape index (κ2) is 8.35. The molecule has 0 bridgehead atoms. The van der Waals surface area contributed by atoms with E-state index < -0.39 is 0 Å². The van der Waals surface area contributed by atoms with Crippen molar-refractivity contribution in [2.75, 3.05) is 5.32 Å². The first-order chi connectivity index (χ1) is 13.3. The van der Waals surface area contributed by atoms with Crippen molar-refractivity contribution >= 4 is 23.2 Å². The van der Waals surface area contributed by atoms with Gasteiger partial charge in [0, 0.05) is 11.9 Å². The topological polar surface area (TPSA) is 76.4 Å². The lowest BCUT2D eigenvalue weighted by Crippen LogP contribution is -2.15. The van der Waals surface area contributed by atoms with Crippen LogP contribution in [0, 0.1) is 6.92 Å². The van der Waals surface area contributed by atoms with Crippen LogP contribution in [0.5, 0.6) is 11.5 Å². The third-order valence-electron chi connectivity index (χ3n) is 4.31. The van der Waals surface area contributed by atoms with Gasteiger partial charge in [0.1, 0.15) is 11.5 Å². The number of hydrogen-bond donors (Lipinski definition) is 2. The van der Waals surface area contributed by atoms with Crippen LogP contribution in [0.3, 0.4) is 0 Å². The van der Waals surface area contributed by atoms with Gasteiger partial charge in [-0.15, -0.1) is 0 Å². The van der Waals surface area contributed by atoms with Crippen LogP contribution < -0.4 is 10.1 Å². The molecular formula is C21H22ClN3O3. The monoisotopic (exact) mass is 399 g/mol. The van der Waals surface area contributed by atoms with Crippen molar-refractivity contribution in [3.05, 3.63) is 70.5 Å². The molecule has 7 heteroatoms. The van der Waals surface area contributed by atoms with Crippen LogP contribution in [0.1, 0.15) is 41.4 Å². The van der Waals surface area contributed by atoms with E-state index in [-0.39, 0.29) is 30.0 Å². The van der Waals surface area contributed by atoms with Crippen LogP contribution in [0.4, 0.5) is 5.69 Å². The maximum atomic E-state index is 12.6. The lowest BCUT2D eigenvalue weighted by atomic mass is 9.99. The Balaban J connectivity index is 1.69. The summed E-state index contributed by atoms with van der Waals surface area (Å²) >= 11 is 6.06. The van der Waals surface area contributed by atoms with Crippen molar-refractivity contribution in [1.82, 2.24) is 9.78 Å². The minimum Gasteiger partial charge on any atom is -0.508 e. The van der Waals surface area contributed by atoms with Gasteiger partial charge in [-0.2, -0.15) is 5.10 Å². The molecule has 2 aromatic carbocycles. The number of carbonyl (C=O) groups is 1. The van der Waals surface area contributed by atoms with Gasteiger partial charge in [-0.3, -0.25) is 4.79 Å². The zero-order valence-electron chi connectivity index (χ0n) is 15.9. The average Bonchev–Trinajstić information content (AvgIpc) is 3.12. The maximum Gasteiger partial charge on any atom is 0.276 e. The lowest BCUT2D eigenvalue weighted by Gasteiger charge is -2.14. The lowest BCUT2D eigenvalue weighted by molar-refractivity contribution is 0.102. The van der Waals surface area contributed by atoms with Crippen molar-refractivity contribution in [2.45, 2.75) is 33.4 Å². The van der Waals surface area contributed by atoms with E-state index in [0.717, 1.165) is 11.1 Å². The number of aromatic hydroxyl groups is 1. The molecule has 28 heavy (non-hydrogen) atoms. The molecule has 146 valence electrons. The number of aromatic nitrogens is 2. The van der Waals surface area contributed by atoms with Gasteiger partial charge in [-0.1, -0.05) is 37.6 Å². The van der Waals surface area contributed by atoms with E-state index in [4.69, 9.17) is 16.3 Å². The van der Waals surface area contributed by atoms with Crippen molar-refractivity contribution in [3.63, 3.8) is 0 Å². The number of carbonyl (C=O) groups excluding carboxylic acids is 1. The minimum atomic E-state index is -0.333. The highest BCUT2D eigenvalue weighted by Crippen LogP contribution is 2.31. The Bertz CT molecular complexity index is 998. The smallest absolute Gasteiger partial charge is 0.276 e. The molecule has 0 fully saturated rings. The summed E-state index contributed by atoms with van der Waals surface area (Å²) in [6, 6.07) is 12.2. The molecule has 0 aliphatic carbocycles. The van der Waals surface area contributed by atoms with Gasteiger partial charge >= 0.3 is 0 Å². The molecule has 0 radical (unpaired) electrons. The number of amides is 1. The summed E-state index contributed by atoms with van der Waals surface area (Å²) in [5.74, 6) is 0.579. The third kappa shape index (κ3) is 4.46. The van der Waals surface area contributed by atoms with Crippen LogP contribution in [-0.4, -0.2) is 20.8 Å². The van der Waals surface area contributed by atoms with Crippen molar-refractivity contribution in [1.29, 1.82) is 0 Å². The predicted molar refractivity (Wildman–Crippen MR) is 109 cm³/mol. The number of para-hydroxylation sites is 1. The van der Waals surface area contributed by atoms with Gasteiger partial charge in [0.25, 0.3) is 5.91 Å². The van der Waals surface area contributed by atoms with E-state index in [2.05, 4.69) is 10.4 Å². The molecule has 3 rings (SSSR count). The number of nitrogens with one attached hydrogen (secondary N) is 1. The number of halogens is 1. The molecule has 0 saturated heterocycles. The number of rotatable bonds is 6. The van der Waals surface area contributed by atoms with E-state index >= 15 is 0 Å². The van der Waals surface area contributed by atoms with Crippen molar-refractivity contribution in [3.8, 4) is 11.5 Å². The van der Waals surface area contributed by atoms with Gasteiger partial charge < -0.3 is 15.2 Å². The number of nitrogens with zero attached hydrogens (tertiary/aromatic N) is 2. The second-order valence-electron chi connectivity index (χ2n) is 6.78. The van der Waals surface area contributed by atoms with E-state index in [9.17, 15) is 9.90 Å². The van der Waals surface area contributed by atoms with Crippen molar-refractivity contribution in [2.24, 2.45) is 0 Å². The summed E-state index contributed by atoms with van der Waals surface area (Å²) < 4.78 is 7.13. The van der Waals surface area contributed by atoms with E-state index in [1.165, 1.54) is 4.68 Å². The first-order valence-corrected chi connectivity index (χ1v) is 9.28. The number of hydrogen-bond acceptors (Lipinski definition) is 4. The van der Waals surface area contributed by atoms with Gasteiger partial charge in [0.15, 0.2) is 12.4 Å². The average molecular weight is 400 g/mol. The Morgan fingerprint density at radius 1 is 1.29 bits per heavy atom. The molecule has 1 heterocycles. The van der Waals surface area contributed by atoms with Crippen LogP contribution in [0.15, 0.2) is 48.7 Å². The fourth-order valence-electron chi connectivity index (χ4n) is 2.75. The quantitative estimate of drug-likeness (QED) is 0.574. The van der Waals surface area contributed by atoms with Gasteiger partial charge in [0.05, 0.1) is 5.02 Å². The number of ether oxygens (including phenoxy) is 1. The molecular weight excluding hydrogens is 378 g/mol. The summed E-state index contributed by atoms with van der Waals surface area (Å²) in [5, 5.41) is 17.7. The standard InChI is InChI=1S/C21H22ClN3O3/c1-13(2)15-11-18(14(3)10-19(15)26)23-21(27)17-8-9-25(24-17)12-28-20-7-5-4-6-16(20)22/h4-11,13,26H,12H2,1-3H3,(H,23,27). The SMILES string of the molecule is Cc1cc(O)c(C(C)C)cc1NC(=O)c1ccn(COc2ccccc2Cl)n1. The Kier molecular flexibility index (Phi) is 5.90. The first-order valence-electron chi connectivity index (χ1n) is 8.90. The minimum absolute atomic E-state index is 0.132. The van der Waals surface area contributed by atoms with Gasteiger partial charge in [-0.25, -0.2) is 4.68 Å². The number of benzene rings is 2. The molecule has 0 aliphatic heterocycles. The highest BCUT2D eigenvalue weighted by atomic mass is 35.5. The summed E-state index contributed by atoms with van der Waals surface area (Å²) in [6.45, 7) is 5.93. The fourth-order valence-corrected chi connectivity index (χ4v) is 2.94. The Hall–Kier alpha value is -2.99. The molecule has 0 unspecified atom stereocenters. The zero-order valence-corrected chi connectivity index (χ0v) is 16.7. The van der Waals surface area contributed by atoms with Gasteiger partial charge in [-0.05, 0) is 54.3 Å². The second-order valence-corrected chi connectivity index (χ2v) is 7.19. The molecule has 6 nitrogen and oxygen atoms in total. The van der Waals surface area contributed by atoms with E-state index in [0.29, 0.717) is 16.5 Å². The van der Waals surface area contributed by atoms with E-state index in [1.807, 2.05) is 32.9 Å².